The Kier molecular flexibility index (Phi) is 10.0. The van der Waals surface area contributed by atoms with E-state index in [1.54, 1.807) is 31.4 Å². The van der Waals surface area contributed by atoms with Gasteiger partial charge in [-0.05, 0) is 69.3 Å². The molecule has 1 aliphatic rings. The summed E-state index contributed by atoms with van der Waals surface area (Å²) in [7, 11) is 1.62. The maximum atomic E-state index is 16.2. The second-order valence-electron chi connectivity index (χ2n) is 11.9. The van der Waals surface area contributed by atoms with Crippen molar-refractivity contribution in [2.75, 3.05) is 32.1 Å². The van der Waals surface area contributed by atoms with Gasteiger partial charge >= 0.3 is 0 Å². The molecule has 5 aromatic rings. The molecule has 3 heterocycles. The average Bonchev–Trinajstić information content (AvgIpc) is 3.45. The Bertz CT molecular complexity index is 1970. The third kappa shape index (κ3) is 7.20. The lowest BCUT2D eigenvalue weighted by atomic mass is 9.93. The number of hydrogen-bond acceptors (Lipinski definition) is 8. The Hall–Kier alpha value is -5.18. The number of nitrogens with one attached hydrogen (secondary N) is 1. The molecule has 0 radical (unpaired) electrons. The summed E-state index contributed by atoms with van der Waals surface area (Å²) in [5.74, 6) is 0.0353. The van der Waals surface area contributed by atoms with Gasteiger partial charge in [0.15, 0.2) is 11.6 Å². The van der Waals surface area contributed by atoms with E-state index < -0.39 is 11.6 Å². The normalized spacial score (nSPS) is 13.8. The molecule has 0 saturated carbocycles. The van der Waals surface area contributed by atoms with Gasteiger partial charge in [-0.3, -0.25) is 9.69 Å². The number of nitrogens with zero attached hydrogens (tertiary/aromatic N) is 5. The SMILES string of the molecule is COCCn1c(CN2CCC(c3cccc(OCc4ccc(C#N)cc4F)n3)CC2)nc2c(F)c(Nc3ccccc3)c(C(C)=O)cc21. The van der Waals surface area contributed by atoms with Crippen LogP contribution in [-0.2, 0) is 24.4 Å². The first kappa shape index (κ1) is 32.7. The number of anilines is 2. The van der Waals surface area contributed by atoms with Gasteiger partial charge in [-0.1, -0.05) is 30.3 Å². The fourth-order valence-electron chi connectivity index (χ4n) is 6.10. The zero-order valence-corrected chi connectivity index (χ0v) is 26.9. The van der Waals surface area contributed by atoms with Crippen molar-refractivity contribution in [3.63, 3.8) is 0 Å². The van der Waals surface area contributed by atoms with Crippen LogP contribution < -0.4 is 10.1 Å². The summed E-state index contributed by atoms with van der Waals surface area (Å²) in [4.78, 5) is 24.5. The molecule has 0 amide bonds. The third-order valence-electron chi connectivity index (χ3n) is 8.68. The first-order valence-electron chi connectivity index (χ1n) is 15.9. The van der Waals surface area contributed by atoms with Crippen molar-refractivity contribution in [1.29, 1.82) is 5.26 Å². The highest BCUT2D eigenvalue weighted by molar-refractivity contribution is 6.04. The molecule has 0 spiro atoms. The number of halogens is 2. The largest absolute Gasteiger partial charge is 0.473 e. The number of hydrogen-bond donors (Lipinski definition) is 1. The van der Waals surface area contributed by atoms with Crippen LogP contribution in [0.2, 0.25) is 0 Å². The summed E-state index contributed by atoms with van der Waals surface area (Å²) in [6.45, 7) is 4.38. The standard InChI is InChI=1S/C37H36F2N6O3/c1-24(46)29-20-32-37(35(39)36(29)41-28-7-4-3-5-8-28)43-33(45(32)17-18-47-2)22-44-15-13-26(14-16-44)31-9-6-10-34(42-31)48-23-27-12-11-25(21-40)19-30(27)38/h3-12,19-20,26,41H,13-18,22-23H2,1-2H3. The molecule has 1 saturated heterocycles. The van der Waals surface area contributed by atoms with Crippen molar-refractivity contribution in [3.8, 4) is 11.9 Å². The number of carbonyl (C=O) groups excluding carboxylic acids is 1. The van der Waals surface area contributed by atoms with Gasteiger partial charge in [0.05, 0.1) is 36.0 Å². The maximum Gasteiger partial charge on any atom is 0.213 e. The summed E-state index contributed by atoms with van der Waals surface area (Å²) >= 11 is 0. The summed E-state index contributed by atoms with van der Waals surface area (Å²) in [6, 6.07) is 22.8. The zero-order valence-electron chi connectivity index (χ0n) is 26.9. The van der Waals surface area contributed by atoms with Gasteiger partial charge in [0.1, 0.15) is 23.8 Å². The molecule has 0 aliphatic carbocycles. The van der Waals surface area contributed by atoms with Crippen molar-refractivity contribution in [1.82, 2.24) is 19.4 Å². The van der Waals surface area contributed by atoms with Gasteiger partial charge in [-0.15, -0.1) is 0 Å². The molecule has 2 aromatic heterocycles. The van der Waals surface area contributed by atoms with Crippen LogP contribution in [0.5, 0.6) is 5.88 Å². The predicted octanol–water partition coefficient (Wildman–Crippen LogP) is 7.13. The minimum absolute atomic E-state index is 0.00876. The molecule has 0 unspecified atom stereocenters. The molecule has 3 aromatic carbocycles. The number of benzene rings is 3. The fraction of sp³-hybridized carbons (Fsp3) is 0.297. The van der Waals surface area contributed by atoms with E-state index in [1.807, 2.05) is 53.1 Å². The van der Waals surface area contributed by atoms with Crippen LogP contribution in [0.15, 0.2) is 72.8 Å². The molecule has 246 valence electrons. The van der Waals surface area contributed by atoms with Crippen LogP contribution in [0, 0.1) is 23.0 Å². The number of methoxy groups -OCH3 is 1. The van der Waals surface area contributed by atoms with Gasteiger partial charge in [0, 0.05) is 48.1 Å². The molecule has 0 bridgehead atoms. The highest BCUT2D eigenvalue weighted by Gasteiger charge is 2.26. The van der Waals surface area contributed by atoms with Gasteiger partial charge in [-0.25, -0.2) is 18.7 Å². The first-order chi connectivity index (χ1) is 23.3. The summed E-state index contributed by atoms with van der Waals surface area (Å²) in [5, 5.41) is 12.1. The predicted molar refractivity (Wildman–Crippen MR) is 178 cm³/mol. The minimum atomic E-state index is -0.562. The molecule has 11 heteroatoms. The summed E-state index contributed by atoms with van der Waals surface area (Å²) in [6.07, 6.45) is 1.71. The van der Waals surface area contributed by atoms with E-state index in [-0.39, 0.29) is 40.6 Å². The minimum Gasteiger partial charge on any atom is -0.473 e. The summed E-state index contributed by atoms with van der Waals surface area (Å²) in [5.41, 5.74) is 3.34. The van der Waals surface area contributed by atoms with Crippen LogP contribution in [0.1, 0.15) is 58.7 Å². The van der Waals surface area contributed by atoms with Gasteiger partial charge in [0.25, 0.3) is 0 Å². The van der Waals surface area contributed by atoms with Crippen LogP contribution >= 0.6 is 0 Å². The maximum absolute atomic E-state index is 16.2. The number of Topliss-reactive ketones (excluding diaryl/α,β-unsaturated/α-hetero) is 1. The van der Waals surface area contributed by atoms with E-state index in [1.165, 1.54) is 13.0 Å². The van der Waals surface area contributed by atoms with E-state index >= 15 is 4.39 Å². The van der Waals surface area contributed by atoms with Crippen LogP contribution in [0.3, 0.4) is 0 Å². The molecular formula is C37H36F2N6O3. The first-order valence-corrected chi connectivity index (χ1v) is 15.9. The van der Waals surface area contributed by atoms with Crippen LogP contribution in [0.25, 0.3) is 11.0 Å². The second-order valence-corrected chi connectivity index (χ2v) is 11.9. The highest BCUT2D eigenvalue weighted by Crippen LogP contribution is 2.34. The van der Waals surface area contributed by atoms with E-state index in [0.717, 1.165) is 31.6 Å². The average molecular weight is 651 g/mol. The number of ketones is 1. The summed E-state index contributed by atoms with van der Waals surface area (Å²) < 4.78 is 43.6. The Morgan fingerprint density at radius 3 is 2.54 bits per heavy atom. The fourth-order valence-corrected chi connectivity index (χ4v) is 6.10. The third-order valence-corrected chi connectivity index (χ3v) is 8.68. The second kappa shape index (κ2) is 14.7. The van der Waals surface area contributed by atoms with Crippen molar-refractivity contribution >= 4 is 28.2 Å². The Morgan fingerprint density at radius 1 is 1.04 bits per heavy atom. The number of rotatable bonds is 12. The number of para-hydroxylation sites is 1. The molecule has 48 heavy (non-hydrogen) atoms. The molecular weight excluding hydrogens is 614 g/mol. The smallest absolute Gasteiger partial charge is 0.213 e. The van der Waals surface area contributed by atoms with Crippen LogP contribution in [-0.4, -0.2) is 52.0 Å². The topological polar surface area (TPSA) is 105 Å². The molecule has 1 fully saturated rings. The molecule has 9 nitrogen and oxygen atoms in total. The number of pyridine rings is 1. The van der Waals surface area contributed by atoms with E-state index in [0.29, 0.717) is 48.2 Å². The lowest BCUT2D eigenvalue weighted by Crippen LogP contribution is -2.33. The van der Waals surface area contributed by atoms with Gasteiger partial charge in [0.2, 0.25) is 5.88 Å². The monoisotopic (exact) mass is 650 g/mol. The number of likely N-dealkylation sites (tertiary alicyclic amines) is 1. The number of nitriles is 1. The number of carbonyl (C=O) groups is 1. The Balaban J connectivity index is 1.17. The number of ether oxygens (including phenoxy) is 2. The van der Waals surface area contributed by atoms with E-state index in [2.05, 4.69) is 10.2 Å². The zero-order chi connectivity index (χ0) is 33.6. The quantitative estimate of drug-likeness (QED) is 0.142. The van der Waals surface area contributed by atoms with Gasteiger partial charge < -0.3 is 19.4 Å². The molecule has 1 N–H and O–H groups in total. The van der Waals surface area contributed by atoms with Crippen LogP contribution in [0.4, 0.5) is 20.2 Å². The van der Waals surface area contributed by atoms with E-state index in [9.17, 15) is 9.18 Å². The number of aromatic nitrogens is 3. The number of imidazole rings is 1. The van der Waals surface area contributed by atoms with Crippen molar-refractivity contribution in [3.05, 3.63) is 113 Å². The lowest BCUT2D eigenvalue weighted by molar-refractivity contribution is 0.101. The van der Waals surface area contributed by atoms with Crippen molar-refractivity contribution in [2.24, 2.45) is 0 Å². The Labute approximate surface area is 277 Å². The molecule has 1 aliphatic heterocycles. The molecule has 6 rings (SSSR count). The van der Waals surface area contributed by atoms with Gasteiger partial charge in [-0.2, -0.15) is 5.26 Å². The molecule has 0 atom stereocenters. The Morgan fingerprint density at radius 2 is 1.83 bits per heavy atom. The lowest BCUT2D eigenvalue weighted by Gasteiger charge is -2.31. The van der Waals surface area contributed by atoms with Crippen molar-refractivity contribution < 1.29 is 23.0 Å². The van der Waals surface area contributed by atoms with E-state index in [4.69, 9.17) is 24.7 Å². The van der Waals surface area contributed by atoms with Crippen molar-refractivity contribution in [2.45, 2.75) is 45.4 Å². The number of piperidine rings is 1. The highest BCUT2D eigenvalue weighted by atomic mass is 19.1. The number of fused-ring (bicyclic) bond motifs is 1.